The SMILES string of the molecule is Cc1c(F)c(Oc2cccc(C#N)c2)nc(Oc2cccc(C#N)c2)c1F. The molecule has 0 unspecified atom stereocenters. The maximum absolute atomic E-state index is 14.4. The minimum absolute atomic E-state index is 0.170. The van der Waals surface area contributed by atoms with Crippen LogP contribution in [0.3, 0.4) is 0 Å². The lowest BCUT2D eigenvalue weighted by Gasteiger charge is -2.12. The van der Waals surface area contributed by atoms with Crippen molar-refractivity contribution in [3.05, 3.63) is 76.9 Å². The van der Waals surface area contributed by atoms with Gasteiger partial charge in [-0.3, -0.25) is 0 Å². The van der Waals surface area contributed by atoms with Crippen LogP contribution in [0.15, 0.2) is 48.5 Å². The monoisotopic (exact) mass is 363 g/mol. The second-order valence-corrected chi connectivity index (χ2v) is 5.46. The molecule has 0 amide bonds. The van der Waals surface area contributed by atoms with E-state index in [0.717, 1.165) is 0 Å². The third-order valence-electron chi connectivity index (χ3n) is 3.59. The number of pyridine rings is 1. The van der Waals surface area contributed by atoms with Gasteiger partial charge >= 0.3 is 0 Å². The molecule has 2 aromatic carbocycles. The van der Waals surface area contributed by atoms with Crippen LogP contribution in [0.5, 0.6) is 23.3 Å². The van der Waals surface area contributed by atoms with E-state index in [4.69, 9.17) is 20.0 Å². The molecule has 0 bridgehead atoms. The summed E-state index contributed by atoms with van der Waals surface area (Å²) in [5.74, 6) is -2.60. The van der Waals surface area contributed by atoms with Gasteiger partial charge in [0, 0.05) is 5.56 Å². The Kier molecular flexibility index (Phi) is 4.96. The van der Waals surface area contributed by atoms with Crippen LogP contribution in [0.1, 0.15) is 16.7 Å². The summed E-state index contributed by atoms with van der Waals surface area (Å²) in [4.78, 5) is 3.77. The number of halogens is 2. The van der Waals surface area contributed by atoms with Crippen LogP contribution in [0.4, 0.5) is 8.78 Å². The molecule has 0 N–H and O–H groups in total. The zero-order valence-electron chi connectivity index (χ0n) is 14.0. The number of ether oxygens (including phenoxy) is 2. The zero-order valence-corrected chi connectivity index (χ0v) is 14.0. The third kappa shape index (κ3) is 3.83. The molecule has 3 rings (SSSR count). The number of rotatable bonds is 4. The van der Waals surface area contributed by atoms with Gasteiger partial charge in [0.1, 0.15) is 11.5 Å². The van der Waals surface area contributed by atoms with Gasteiger partial charge in [-0.1, -0.05) is 12.1 Å². The summed E-state index contributed by atoms with van der Waals surface area (Å²) < 4.78 is 39.5. The number of nitrogens with zero attached hydrogens (tertiary/aromatic N) is 3. The largest absolute Gasteiger partial charge is 0.436 e. The molecular weight excluding hydrogens is 352 g/mol. The highest BCUT2D eigenvalue weighted by Crippen LogP contribution is 2.32. The molecule has 0 atom stereocenters. The fourth-order valence-corrected chi connectivity index (χ4v) is 2.22. The molecule has 0 fully saturated rings. The molecule has 7 heteroatoms. The topological polar surface area (TPSA) is 78.9 Å². The standard InChI is InChI=1S/C20H11F2N3O2/c1-12-17(21)19(26-15-6-2-4-13(8-15)10-23)25-20(18(12)22)27-16-7-3-5-14(9-16)11-24/h2-9H,1H3. The van der Waals surface area contributed by atoms with Crippen LogP contribution < -0.4 is 9.47 Å². The Morgan fingerprint density at radius 2 is 1.26 bits per heavy atom. The van der Waals surface area contributed by atoms with Gasteiger partial charge in [-0.25, -0.2) is 8.78 Å². The van der Waals surface area contributed by atoms with Crippen molar-refractivity contribution in [3.8, 4) is 35.4 Å². The van der Waals surface area contributed by atoms with Gasteiger partial charge in [0.05, 0.1) is 23.3 Å². The summed E-state index contributed by atoms with van der Waals surface area (Å²) >= 11 is 0. The van der Waals surface area contributed by atoms with Crippen LogP contribution in [-0.2, 0) is 0 Å². The van der Waals surface area contributed by atoms with Crippen LogP contribution in [0, 0.1) is 41.2 Å². The molecule has 5 nitrogen and oxygen atoms in total. The van der Waals surface area contributed by atoms with Crippen molar-refractivity contribution in [1.29, 1.82) is 10.5 Å². The molecule has 3 aromatic rings. The van der Waals surface area contributed by atoms with Crippen molar-refractivity contribution in [2.45, 2.75) is 6.92 Å². The normalized spacial score (nSPS) is 9.96. The highest BCUT2D eigenvalue weighted by molar-refractivity contribution is 5.42. The molecule has 1 aromatic heterocycles. The second kappa shape index (κ2) is 7.51. The first kappa shape index (κ1) is 17.8. The minimum Gasteiger partial charge on any atom is -0.436 e. The number of hydrogen-bond donors (Lipinski definition) is 0. The summed E-state index contributed by atoms with van der Waals surface area (Å²) in [5.41, 5.74) is 0.302. The zero-order chi connectivity index (χ0) is 19.4. The average Bonchev–Trinajstić information content (AvgIpc) is 2.70. The van der Waals surface area contributed by atoms with E-state index in [9.17, 15) is 8.78 Å². The molecule has 27 heavy (non-hydrogen) atoms. The second-order valence-electron chi connectivity index (χ2n) is 5.46. The molecule has 0 saturated heterocycles. The van der Waals surface area contributed by atoms with Crippen molar-refractivity contribution < 1.29 is 18.3 Å². The van der Waals surface area contributed by atoms with Crippen LogP contribution >= 0.6 is 0 Å². The first-order valence-corrected chi connectivity index (χ1v) is 7.73. The fourth-order valence-electron chi connectivity index (χ4n) is 2.22. The number of benzene rings is 2. The Morgan fingerprint density at radius 1 is 0.815 bits per heavy atom. The highest BCUT2D eigenvalue weighted by atomic mass is 19.1. The quantitative estimate of drug-likeness (QED) is 0.652. The van der Waals surface area contributed by atoms with E-state index in [0.29, 0.717) is 11.1 Å². The van der Waals surface area contributed by atoms with E-state index in [2.05, 4.69) is 4.98 Å². The van der Waals surface area contributed by atoms with Crippen molar-refractivity contribution in [2.75, 3.05) is 0 Å². The van der Waals surface area contributed by atoms with E-state index >= 15 is 0 Å². The van der Waals surface area contributed by atoms with Crippen LogP contribution in [-0.4, -0.2) is 4.98 Å². The summed E-state index contributed by atoms with van der Waals surface area (Å²) in [6.07, 6.45) is 0. The maximum Gasteiger partial charge on any atom is 0.259 e. The highest BCUT2D eigenvalue weighted by Gasteiger charge is 2.21. The van der Waals surface area contributed by atoms with Gasteiger partial charge < -0.3 is 9.47 Å². The predicted octanol–water partition coefficient (Wildman–Crippen LogP) is 5.00. The first-order chi connectivity index (χ1) is 13.0. The van der Waals surface area contributed by atoms with E-state index < -0.39 is 23.4 Å². The smallest absolute Gasteiger partial charge is 0.259 e. The van der Waals surface area contributed by atoms with Crippen molar-refractivity contribution in [3.63, 3.8) is 0 Å². The first-order valence-electron chi connectivity index (χ1n) is 7.73. The van der Waals surface area contributed by atoms with E-state index in [1.807, 2.05) is 12.1 Å². The van der Waals surface area contributed by atoms with Gasteiger partial charge in [-0.05, 0) is 43.3 Å². The number of hydrogen-bond acceptors (Lipinski definition) is 5. The van der Waals surface area contributed by atoms with E-state index in [-0.39, 0.29) is 17.1 Å². The van der Waals surface area contributed by atoms with Crippen molar-refractivity contribution >= 4 is 0 Å². The Bertz CT molecular complexity index is 1020. The minimum atomic E-state index is -0.979. The van der Waals surface area contributed by atoms with Gasteiger partial charge in [0.15, 0.2) is 11.6 Å². The predicted molar refractivity (Wildman–Crippen MR) is 91.4 cm³/mol. The van der Waals surface area contributed by atoms with Gasteiger partial charge in [0.2, 0.25) is 0 Å². The molecular formula is C20H11F2N3O2. The van der Waals surface area contributed by atoms with Gasteiger partial charge in [-0.15, -0.1) is 0 Å². The summed E-state index contributed by atoms with van der Waals surface area (Å²) in [6.45, 7) is 1.23. The molecule has 0 aliphatic rings. The van der Waals surface area contributed by atoms with Crippen LogP contribution in [0.2, 0.25) is 0 Å². The molecule has 0 saturated carbocycles. The van der Waals surface area contributed by atoms with Gasteiger partial charge in [-0.2, -0.15) is 15.5 Å². The van der Waals surface area contributed by atoms with Gasteiger partial charge in [0.25, 0.3) is 11.8 Å². The molecule has 0 aliphatic carbocycles. The number of nitriles is 2. The number of aromatic nitrogens is 1. The van der Waals surface area contributed by atoms with E-state index in [1.54, 1.807) is 24.3 Å². The molecule has 1 heterocycles. The van der Waals surface area contributed by atoms with Crippen molar-refractivity contribution in [2.24, 2.45) is 0 Å². The Hall–Kier alpha value is -3.97. The lowest BCUT2D eigenvalue weighted by Crippen LogP contribution is -2.02. The molecule has 0 aliphatic heterocycles. The lowest BCUT2D eigenvalue weighted by molar-refractivity contribution is 0.373. The van der Waals surface area contributed by atoms with E-state index in [1.165, 1.54) is 31.2 Å². The maximum atomic E-state index is 14.4. The molecule has 0 radical (unpaired) electrons. The summed E-state index contributed by atoms with van der Waals surface area (Å²) in [6, 6.07) is 15.9. The lowest BCUT2D eigenvalue weighted by atomic mass is 10.2. The Labute approximate surface area is 153 Å². The average molecular weight is 363 g/mol. The van der Waals surface area contributed by atoms with Crippen molar-refractivity contribution in [1.82, 2.24) is 4.98 Å². The molecule has 0 spiro atoms. The molecule has 132 valence electrons. The Balaban J connectivity index is 1.98. The third-order valence-corrected chi connectivity index (χ3v) is 3.59. The Morgan fingerprint density at radius 3 is 1.67 bits per heavy atom. The fraction of sp³-hybridized carbons (Fsp3) is 0.0500. The summed E-state index contributed by atoms with van der Waals surface area (Å²) in [7, 11) is 0. The van der Waals surface area contributed by atoms with Crippen LogP contribution in [0.25, 0.3) is 0 Å². The summed E-state index contributed by atoms with van der Waals surface area (Å²) in [5, 5.41) is 17.9.